The number of carbonyl (C=O) groups excluding carboxylic acids is 1. The van der Waals surface area contributed by atoms with Crippen LogP contribution in [0.3, 0.4) is 0 Å². The highest BCUT2D eigenvalue weighted by Gasteiger charge is 2.04. The molecule has 23 heavy (non-hydrogen) atoms. The van der Waals surface area contributed by atoms with E-state index in [1.54, 1.807) is 16.7 Å². The molecule has 2 aromatic carbocycles. The first-order valence-electron chi connectivity index (χ1n) is 7.30. The molecule has 1 amide bonds. The van der Waals surface area contributed by atoms with Crippen LogP contribution < -0.4 is 10.9 Å². The van der Waals surface area contributed by atoms with Crippen molar-refractivity contribution < 1.29 is 4.79 Å². The van der Waals surface area contributed by atoms with Gasteiger partial charge in [-0.2, -0.15) is 0 Å². The van der Waals surface area contributed by atoms with Crippen LogP contribution in [0.5, 0.6) is 0 Å². The first-order chi connectivity index (χ1) is 11.1. The Kier molecular flexibility index (Phi) is 4.06. The van der Waals surface area contributed by atoms with E-state index in [4.69, 9.17) is 0 Å². The molecule has 114 valence electrons. The Hall–Kier alpha value is -3.14. The number of nitrogens with one attached hydrogen (secondary N) is 1. The van der Waals surface area contributed by atoms with Crippen molar-refractivity contribution in [2.75, 3.05) is 5.32 Å². The molecule has 4 heteroatoms. The molecule has 0 saturated carbocycles. The van der Waals surface area contributed by atoms with Gasteiger partial charge in [0.25, 0.3) is 5.56 Å². The van der Waals surface area contributed by atoms with Gasteiger partial charge < -0.3 is 5.32 Å². The molecule has 0 aliphatic rings. The minimum absolute atomic E-state index is 0.0742. The fourth-order valence-corrected chi connectivity index (χ4v) is 2.40. The molecule has 1 aromatic heterocycles. The summed E-state index contributed by atoms with van der Waals surface area (Å²) >= 11 is 0. The third-order valence-electron chi connectivity index (χ3n) is 3.48. The first-order valence-corrected chi connectivity index (χ1v) is 7.30. The van der Waals surface area contributed by atoms with Gasteiger partial charge in [-0.3, -0.25) is 14.2 Å². The molecule has 0 unspecified atom stereocenters. The van der Waals surface area contributed by atoms with Crippen LogP contribution in [0.2, 0.25) is 0 Å². The summed E-state index contributed by atoms with van der Waals surface area (Å²) in [5, 5.41) is 2.74. The number of nitrogens with zero attached hydrogens (tertiary/aromatic N) is 1. The average molecular weight is 304 g/mol. The maximum absolute atomic E-state index is 12.1. The summed E-state index contributed by atoms with van der Waals surface area (Å²) in [5.41, 5.74) is 3.41. The van der Waals surface area contributed by atoms with Crippen molar-refractivity contribution in [3.8, 4) is 16.8 Å². The molecule has 0 spiro atoms. The molecule has 0 radical (unpaired) electrons. The summed E-state index contributed by atoms with van der Waals surface area (Å²) in [5.74, 6) is -0.102. The summed E-state index contributed by atoms with van der Waals surface area (Å²) < 4.78 is 1.62. The number of carbonyl (C=O) groups is 1. The molecule has 0 fully saturated rings. The Bertz CT molecular complexity index is 881. The zero-order valence-corrected chi connectivity index (χ0v) is 12.7. The molecule has 0 aliphatic heterocycles. The van der Waals surface area contributed by atoms with Gasteiger partial charge in [0.1, 0.15) is 0 Å². The number of hydrogen-bond donors (Lipinski definition) is 1. The number of para-hydroxylation sites is 1. The van der Waals surface area contributed by atoms with E-state index < -0.39 is 0 Å². The highest BCUT2D eigenvalue weighted by Crippen LogP contribution is 2.21. The third-order valence-corrected chi connectivity index (χ3v) is 3.48. The van der Waals surface area contributed by atoms with Crippen molar-refractivity contribution in [3.63, 3.8) is 0 Å². The Morgan fingerprint density at radius 3 is 2.17 bits per heavy atom. The molecular formula is C19H16N2O2. The smallest absolute Gasteiger partial charge is 0.255 e. The summed E-state index contributed by atoms with van der Waals surface area (Å²) in [6, 6.07) is 20.4. The summed E-state index contributed by atoms with van der Waals surface area (Å²) in [7, 11) is 0. The lowest BCUT2D eigenvalue weighted by Crippen LogP contribution is -2.16. The number of rotatable bonds is 3. The van der Waals surface area contributed by atoms with Crippen molar-refractivity contribution in [1.82, 2.24) is 4.57 Å². The molecule has 3 rings (SSSR count). The maximum Gasteiger partial charge on any atom is 0.255 e. The van der Waals surface area contributed by atoms with E-state index in [2.05, 4.69) is 5.32 Å². The molecule has 0 aliphatic carbocycles. The molecule has 1 heterocycles. The van der Waals surface area contributed by atoms with Gasteiger partial charge in [-0.15, -0.1) is 0 Å². The van der Waals surface area contributed by atoms with E-state index in [1.807, 2.05) is 60.8 Å². The van der Waals surface area contributed by atoms with E-state index >= 15 is 0 Å². The summed E-state index contributed by atoms with van der Waals surface area (Å²) in [6.07, 6.45) is 1.82. The van der Waals surface area contributed by atoms with Crippen LogP contribution in [0.4, 0.5) is 5.69 Å². The fourth-order valence-electron chi connectivity index (χ4n) is 2.40. The van der Waals surface area contributed by atoms with Crippen molar-refractivity contribution in [1.29, 1.82) is 0 Å². The van der Waals surface area contributed by atoms with Gasteiger partial charge in [-0.1, -0.05) is 30.3 Å². The number of aromatic nitrogens is 1. The van der Waals surface area contributed by atoms with E-state index in [-0.39, 0.29) is 11.5 Å². The van der Waals surface area contributed by atoms with Crippen molar-refractivity contribution in [2.45, 2.75) is 6.92 Å². The van der Waals surface area contributed by atoms with Gasteiger partial charge in [0.15, 0.2) is 0 Å². The Morgan fingerprint density at radius 2 is 1.52 bits per heavy atom. The normalized spacial score (nSPS) is 10.3. The van der Waals surface area contributed by atoms with Crippen molar-refractivity contribution in [3.05, 3.63) is 83.3 Å². The number of hydrogen-bond acceptors (Lipinski definition) is 2. The molecule has 0 bridgehead atoms. The van der Waals surface area contributed by atoms with Crippen molar-refractivity contribution >= 4 is 11.6 Å². The lowest BCUT2D eigenvalue weighted by atomic mass is 10.1. The van der Waals surface area contributed by atoms with Crippen LogP contribution in [0.15, 0.2) is 77.7 Å². The monoisotopic (exact) mass is 304 g/mol. The zero-order chi connectivity index (χ0) is 16.2. The maximum atomic E-state index is 12.1. The first kappa shape index (κ1) is 14.8. The van der Waals surface area contributed by atoms with Gasteiger partial charge in [0.2, 0.25) is 5.91 Å². The van der Waals surface area contributed by atoms with Crippen LogP contribution in [-0.2, 0) is 4.79 Å². The number of anilines is 1. The van der Waals surface area contributed by atoms with Gasteiger partial charge >= 0.3 is 0 Å². The predicted octanol–water partition coefficient (Wildman–Crippen LogP) is 3.46. The van der Waals surface area contributed by atoms with Crippen LogP contribution in [-0.4, -0.2) is 10.5 Å². The topological polar surface area (TPSA) is 51.1 Å². The van der Waals surface area contributed by atoms with Crippen LogP contribution in [0.1, 0.15) is 6.92 Å². The molecular weight excluding hydrogens is 288 g/mol. The quantitative estimate of drug-likeness (QED) is 0.805. The largest absolute Gasteiger partial charge is 0.326 e. The van der Waals surface area contributed by atoms with Crippen LogP contribution >= 0.6 is 0 Å². The number of amides is 1. The minimum atomic E-state index is -0.102. The lowest BCUT2D eigenvalue weighted by Gasteiger charge is -2.09. The van der Waals surface area contributed by atoms with Gasteiger partial charge in [0, 0.05) is 30.6 Å². The van der Waals surface area contributed by atoms with E-state index in [9.17, 15) is 9.59 Å². The predicted molar refractivity (Wildman–Crippen MR) is 91.8 cm³/mol. The van der Waals surface area contributed by atoms with Crippen LogP contribution in [0, 0.1) is 0 Å². The van der Waals surface area contributed by atoms with Gasteiger partial charge in [0.05, 0.1) is 0 Å². The Balaban J connectivity index is 1.98. The lowest BCUT2D eigenvalue weighted by molar-refractivity contribution is -0.114. The summed E-state index contributed by atoms with van der Waals surface area (Å²) in [4.78, 5) is 23.2. The van der Waals surface area contributed by atoms with Gasteiger partial charge in [-0.25, -0.2) is 0 Å². The van der Waals surface area contributed by atoms with E-state index in [0.29, 0.717) is 0 Å². The second kappa shape index (κ2) is 6.32. The molecule has 0 atom stereocenters. The second-order valence-corrected chi connectivity index (χ2v) is 5.22. The number of benzene rings is 2. The van der Waals surface area contributed by atoms with E-state index in [1.165, 1.54) is 6.92 Å². The molecule has 0 saturated heterocycles. The van der Waals surface area contributed by atoms with Crippen LogP contribution in [0.25, 0.3) is 16.8 Å². The molecule has 4 nitrogen and oxygen atoms in total. The average Bonchev–Trinajstić information content (AvgIpc) is 2.56. The zero-order valence-electron chi connectivity index (χ0n) is 12.7. The SMILES string of the molecule is CC(=O)Nc1ccc(-c2ccc(=O)n(-c3ccccc3)c2)cc1. The minimum Gasteiger partial charge on any atom is -0.326 e. The second-order valence-electron chi connectivity index (χ2n) is 5.22. The Labute approximate surface area is 134 Å². The molecule has 1 N–H and O–H groups in total. The Morgan fingerprint density at radius 1 is 0.870 bits per heavy atom. The summed E-state index contributed by atoms with van der Waals surface area (Å²) in [6.45, 7) is 1.48. The number of pyridine rings is 1. The van der Waals surface area contributed by atoms with Crippen molar-refractivity contribution in [2.24, 2.45) is 0 Å². The molecule has 3 aromatic rings. The van der Waals surface area contributed by atoms with E-state index in [0.717, 1.165) is 22.5 Å². The standard InChI is InChI=1S/C19H16N2O2/c1-14(22)20-17-10-7-15(8-11-17)16-9-12-19(23)21(13-16)18-5-3-2-4-6-18/h2-13H,1H3,(H,20,22). The highest BCUT2D eigenvalue weighted by atomic mass is 16.1. The fraction of sp³-hybridized carbons (Fsp3) is 0.0526. The third kappa shape index (κ3) is 3.37. The highest BCUT2D eigenvalue weighted by molar-refractivity contribution is 5.88. The van der Waals surface area contributed by atoms with Gasteiger partial charge in [-0.05, 0) is 41.5 Å².